The largest absolute Gasteiger partial charge is 0.490 e. The third-order valence-electron chi connectivity index (χ3n) is 6.97. The van der Waals surface area contributed by atoms with Gasteiger partial charge in [0, 0.05) is 57.8 Å². The van der Waals surface area contributed by atoms with E-state index in [0.717, 1.165) is 6.07 Å². The average Bonchev–Trinajstić information content (AvgIpc) is 3.71. The van der Waals surface area contributed by atoms with Gasteiger partial charge in [0.15, 0.2) is 34.1 Å². The molecule has 1 saturated heterocycles. The van der Waals surface area contributed by atoms with E-state index in [0.29, 0.717) is 67.7 Å². The standard InChI is InChI=1S/C26H27F2N9O4/c27-16-13-17(28)20(41-12-2-4-21(38)39)14-18(16)35-8-5-34(6-9-35)7-10-36-15-30-22-24(36)32-26(29)37-25(22)31-23(33-37)19-3-1-11-40-19/h1,3,11,13-15H,2,4-10,12H2,(H2,29,32)(H,38,39). The molecule has 13 nitrogen and oxygen atoms in total. The Labute approximate surface area is 231 Å². The van der Waals surface area contributed by atoms with Crippen molar-refractivity contribution in [3.8, 4) is 17.3 Å². The van der Waals surface area contributed by atoms with Gasteiger partial charge in [0.1, 0.15) is 5.82 Å². The molecule has 0 atom stereocenters. The fraction of sp³-hybridized carbons (Fsp3) is 0.346. The van der Waals surface area contributed by atoms with E-state index in [4.69, 9.17) is 20.0 Å². The highest BCUT2D eigenvalue weighted by molar-refractivity contribution is 5.87. The zero-order valence-electron chi connectivity index (χ0n) is 21.9. The number of nitrogens with two attached hydrogens (primary N) is 1. The zero-order valence-corrected chi connectivity index (χ0v) is 21.9. The molecule has 0 radical (unpaired) electrons. The van der Waals surface area contributed by atoms with Crippen LogP contribution in [0.25, 0.3) is 28.4 Å². The monoisotopic (exact) mass is 567 g/mol. The first-order valence-electron chi connectivity index (χ1n) is 13.1. The first-order valence-corrected chi connectivity index (χ1v) is 13.1. The van der Waals surface area contributed by atoms with E-state index < -0.39 is 17.6 Å². The van der Waals surface area contributed by atoms with Crippen LogP contribution in [0.3, 0.4) is 0 Å². The number of fused-ring (bicyclic) bond motifs is 3. The van der Waals surface area contributed by atoms with E-state index in [1.54, 1.807) is 24.7 Å². The van der Waals surface area contributed by atoms with Gasteiger partial charge >= 0.3 is 5.97 Å². The highest BCUT2D eigenvalue weighted by atomic mass is 19.1. The summed E-state index contributed by atoms with van der Waals surface area (Å²) >= 11 is 0. The maximum absolute atomic E-state index is 14.6. The lowest BCUT2D eigenvalue weighted by molar-refractivity contribution is -0.137. The minimum Gasteiger partial charge on any atom is -0.490 e. The third-order valence-corrected chi connectivity index (χ3v) is 6.97. The topological polar surface area (TPSA) is 153 Å². The second kappa shape index (κ2) is 11.0. The third kappa shape index (κ3) is 5.35. The van der Waals surface area contributed by atoms with Gasteiger partial charge in [-0.3, -0.25) is 9.69 Å². The van der Waals surface area contributed by atoms with Crippen molar-refractivity contribution < 1.29 is 27.8 Å². The molecule has 0 bridgehead atoms. The summed E-state index contributed by atoms with van der Waals surface area (Å²) in [7, 11) is 0. The number of hydrogen-bond donors (Lipinski definition) is 2. The Morgan fingerprint density at radius 1 is 1.10 bits per heavy atom. The summed E-state index contributed by atoms with van der Waals surface area (Å²) in [5, 5.41) is 13.1. The van der Waals surface area contributed by atoms with E-state index in [1.165, 1.54) is 10.6 Å². The number of anilines is 2. The maximum atomic E-state index is 14.6. The van der Waals surface area contributed by atoms with Gasteiger partial charge in [0.05, 0.1) is 24.9 Å². The number of hydrogen-bond acceptors (Lipinski definition) is 10. The number of benzene rings is 1. The number of nitrogens with zero attached hydrogens (tertiary/aromatic N) is 8. The van der Waals surface area contributed by atoms with Crippen LogP contribution in [0, 0.1) is 11.6 Å². The molecule has 214 valence electrons. The Hall–Kier alpha value is -4.79. The van der Waals surface area contributed by atoms with Gasteiger partial charge in [-0.15, -0.1) is 5.10 Å². The van der Waals surface area contributed by atoms with Crippen LogP contribution in [0.2, 0.25) is 0 Å². The molecule has 1 aliphatic rings. The summed E-state index contributed by atoms with van der Waals surface area (Å²) in [4.78, 5) is 28.3. The molecule has 1 aliphatic heterocycles. The van der Waals surface area contributed by atoms with Crippen molar-refractivity contribution in [1.29, 1.82) is 0 Å². The Kier molecular flexibility index (Phi) is 7.09. The van der Waals surface area contributed by atoms with E-state index in [-0.39, 0.29) is 36.8 Å². The fourth-order valence-corrected chi connectivity index (χ4v) is 4.84. The summed E-state index contributed by atoms with van der Waals surface area (Å²) in [6.07, 6.45) is 3.38. The number of furan rings is 1. The number of carboxylic acid groups (broad SMARTS) is 1. The van der Waals surface area contributed by atoms with Gasteiger partial charge in [-0.2, -0.15) is 9.50 Å². The molecule has 5 heterocycles. The predicted octanol–water partition coefficient (Wildman–Crippen LogP) is 2.66. The summed E-state index contributed by atoms with van der Waals surface area (Å²) in [6, 6.07) is 5.66. The molecule has 0 spiro atoms. The van der Waals surface area contributed by atoms with Crippen LogP contribution in [0.1, 0.15) is 12.8 Å². The van der Waals surface area contributed by atoms with Crippen LogP contribution >= 0.6 is 0 Å². The van der Waals surface area contributed by atoms with E-state index in [9.17, 15) is 13.6 Å². The first-order chi connectivity index (χ1) is 19.9. The van der Waals surface area contributed by atoms with Crippen LogP contribution in [0.5, 0.6) is 5.75 Å². The van der Waals surface area contributed by atoms with Crippen molar-refractivity contribution in [2.75, 3.05) is 50.0 Å². The van der Waals surface area contributed by atoms with Crippen molar-refractivity contribution >= 4 is 34.4 Å². The van der Waals surface area contributed by atoms with Crippen molar-refractivity contribution in [1.82, 2.24) is 34.0 Å². The highest BCUT2D eigenvalue weighted by Gasteiger charge is 2.23. The number of ether oxygens (including phenoxy) is 1. The van der Waals surface area contributed by atoms with Crippen LogP contribution in [0.4, 0.5) is 20.4 Å². The molecule has 0 unspecified atom stereocenters. The Bertz CT molecular complexity index is 1690. The molecular formula is C26H27F2N9O4. The van der Waals surface area contributed by atoms with Crippen molar-refractivity contribution in [2.24, 2.45) is 0 Å². The van der Waals surface area contributed by atoms with E-state index in [2.05, 4.69) is 25.0 Å². The molecule has 0 saturated carbocycles. The number of piperazine rings is 1. The number of aliphatic carboxylic acids is 1. The maximum Gasteiger partial charge on any atom is 0.303 e. The molecule has 1 aromatic carbocycles. The number of rotatable bonds is 10. The SMILES string of the molecule is Nc1nc2c(ncn2CCN2CCN(c3cc(OCCCC(=O)O)c(F)cc3F)CC2)c2nc(-c3ccco3)nn12. The lowest BCUT2D eigenvalue weighted by Crippen LogP contribution is -2.47. The number of imidazole rings is 1. The smallest absolute Gasteiger partial charge is 0.303 e. The second-order valence-corrected chi connectivity index (χ2v) is 9.64. The zero-order chi connectivity index (χ0) is 28.5. The minimum absolute atomic E-state index is 0.0270. The van der Waals surface area contributed by atoms with Crippen molar-refractivity contribution in [3.05, 3.63) is 48.5 Å². The Morgan fingerprint density at radius 3 is 2.68 bits per heavy atom. The van der Waals surface area contributed by atoms with Crippen LogP contribution < -0.4 is 15.4 Å². The second-order valence-electron chi connectivity index (χ2n) is 9.64. The number of halogens is 2. The molecular weight excluding hydrogens is 540 g/mol. The normalized spacial score (nSPS) is 14.3. The summed E-state index contributed by atoms with van der Waals surface area (Å²) in [6.45, 7) is 3.71. The van der Waals surface area contributed by atoms with Crippen LogP contribution in [-0.4, -0.2) is 84.4 Å². The number of carbonyl (C=O) groups is 1. The predicted molar refractivity (Wildman–Crippen MR) is 144 cm³/mol. The molecule has 4 aromatic heterocycles. The van der Waals surface area contributed by atoms with Gasteiger partial charge < -0.3 is 29.5 Å². The molecule has 0 amide bonds. The number of carboxylic acids is 1. The minimum atomic E-state index is -0.958. The Balaban J connectivity index is 1.09. The summed E-state index contributed by atoms with van der Waals surface area (Å²) < 4.78 is 43.0. The Morgan fingerprint density at radius 2 is 1.93 bits per heavy atom. The van der Waals surface area contributed by atoms with Gasteiger partial charge in [0.25, 0.3) is 0 Å². The average molecular weight is 568 g/mol. The van der Waals surface area contributed by atoms with Gasteiger partial charge in [-0.1, -0.05) is 0 Å². The van der Waals surface area contributed by atoms with Crippen LogP contribution in [-0.2, 0) is 11.3 Å². The van der Waals surface area contributed by atoms with Crippen LogP contribution in [0.15, 0.2) is 41.3 Å². The summed E-state index contributed by atoms with van der Waals surface area (Å²) in [5.74, 6) is -1.45. The molecule has 5 aromatic rings. The molecule has 0 aliphatic carbocycles. The fourth-order valence-electron chi connectivity index (χ4n) is 4.84. The van der Waals surface area contributed by atoms with Gasteiger partial charge in [-0.05, 0) is 18.6 Å². The lowest BCUT2D eigenvalue weighted by Gasteiger charge is -2.36. The molecule has 6 rings (SSSR count). The van der Waals surface area contributed by atoms with Crippen molar-refractivity contribution in [2.45, 2.75) is 19.4 Å². The lowest BCUT2D eigenvalue weighted by atomic mass is 10.2. The van der Waals surface area contributed by atoms with Gasteiger partial charge in [-0.25, -0.2) is 18.7 Å². The van der Waals surface area contributed by atoms with E-state index in [1.807, 2.05) is 9.47 Å². The molecule has 15 heteroatoms. The quantitative estimate of drug-likeness (QED) is 0.240. The molecule has 3 N–H and O–H groups in total. The van der Waals surface area contributed by atoms with Gasteiger partial charge in [0.2, 0.25) is 11.8 Å². The molecule has 1 fully saturated rings. The van der Waals surface area contributed by atoms with E-state index >= 15 is 0 Å². The first kappa shape index (κ1) is 26.4. The van der Waals surface area contributed by atoms with Crippen molar-refractivity contribution in [3.63, 3.8) is 0 Å². The number of nitrogen functional groups attached to an aromatic ring is 1. The molecule has 41 heavy (non-hydrogen) atoms. The highest BCUT2D eigenvalue weighted by Crippen LogP contribution is 2.29. The number of aromatic nitrogens is 6. The summed E-state index contributed by atoms with van der Waals surface area (Å²) in [5.41, 5.74) is 8.08.